The van der Waals surface area contributed by atoms with E-state index in [1.54, 1.807) is 0 Å². The molecule has 3 aliphatic rings. The maximum atomic E-state index is 14.3. The van der Waals surface area contributed by atoms with Gasteiger partial charge in [-0.15, -0.1) is 0 Å². The monoisotopic (exact) mass is 447 g/mol. The van der Waals surface area contributed by atoms with Crippen LogP contribution in [0.1, 0.15) is 30.7 Å². The number of hydrogen-bond acceptors (Lipinski definition) is 4. The predicted octanol–water partition coefficient (Wildman–Crippen LogP) is 3.47. The van der Waals surface area contributed by atoms with Crippen molar-refractivity contribution in [1.82, 2.24) is 19.8 Å². The van der Waals surface area contributed by atoms with Crippen molar-refractivity contribution in [1.29, 1.82) is 0 Å². The second-order valence-electron chi connectivity index (χ2n) is 9.60. The molecule has 3 aromatic rings. The number of aromatic nitrogens is 2. The third kappa shape index (κ3) is 3.99. The molecule has 2 saturated heterocycles. The molecule has 1 aliphatic carbocycles. The molecule has 2 aromatic heterocycles. The number of hydrogen-bond donors (Lipinski definition) is 1. The summed E-state index contributed by atoms with van der Waals surface area (Å²) in [6, 6.07) is 12.6. The lowest BCUT2D eigenvalue weighted by atomic mass is 9.88. The zero-order valence-corrected chi connectivity index (χ0v) is 18.8. The fourth-order valence-electron chi connectivity index (χ4n) is 5.30. The lowest BCUT2D eigenvalue weighted by Gasteiger charge is -2.36. The van der Waals surface area contributed by atoms with Crippen LogP contribution in [-0.4, -0.2) is 65.9 Å². The second-order valence-corrected chi connectivity index (χ2v) is 9.60. The molecule has 0 spiro atoms. The van der Waals surface area contributed by atoms with Gasteiger partial charge >= 0.3 is 0 Å². The third-order valence-corrected chi connectivity index (χ3v) is 7.43. The van der Waals surface area contributed by atoms with Gasteiger partial charge in [0.15, 0.2) is 0 Å². The van der Waals surface area contributed by atoms with E-state index in [4.69, 9.17) is 0 Å². The molecule has 1 N–H and O–H groups in total. The van der Waals surface area contributed by atoms with E-state index in [9.17, 15) is 9.18 Å². The van der Waals surface area contributed by atoms with E-state index < -0.39 is 6.17 Å². The molecule has 33 heavy (non-hydrogen) atoms. The summed E-state index contributed by atoms with van der Waals surface area (Å²) in [5, 5.41) is 7.65. The summed E-state index contributed by atoms with van der Waals surface area (Å²) in [5.41, 5.74) is 5.52. The Balaban J connectivity index is 1.21. The van der Waals surface area contributed by atoms with Gasteiger partial charge < -0.3 is 15.1 Å². The molecule has 2 atom stereocenters. The van der Waals surface area contributed by atoms with Crippen molar-refractivity contribution in [3.05, 3.63) is 54.4 Å². The summed E-state index contributed by atoms with van der Waals surface area (Å²) in [7, 11) is 0. The average molecular weight is 448 g/mol. The van der Waals surface area contributed by atoms with Crippen molar-refractivity contribution in [2.75, 3.05) is 44.2 Å². The fraction of sp³-hybridized carbons (Fsp3) is 0.462. The largest absolute Gasteiger partial charge is 0.366 e. The second kappa shape index (κ2) is 8.45. The molecular formula is C26H30FN5O. The van der Waals surface area contributed by atoms with Crippen molar-refractivity contribution in [3.63, 3.8) is 0 Å². The number of nitrogens with one attached hydrogen (secondary N) is 1. The molecule has 4 heterocycles. The Morgan fingerprint density at radius 1 is 1.00 bits per heavy atom. The normalized spacial score (nSPS) is 23.8. The van der Waals surface area contributed by atoms with Gasteiger partial charge in [-0.25, -0.2) is 8.91 Å². The maximum Gasteiger partial charge on any atom is 0.225 e. The Morgan fingerprint density at radius 3 is 2.52 bits per heavy atom. The number of piperazine rings is 1. The first-order chi connectivity index (χ1) is 16.2. The van der Waals surface area contributed by atoms with E-state index in [1.807, 2.05) is 15.6 Å². The van der Waals surface area contributed by atoms with Gasteiger partial charge in [-0.2, -0.15) is 5.10 Å². The summed E-state index contributed by atoms with van der Waals surface area (Å²) < 4.78 is 16.3. The minimum absolute atomic E-state index is 0.0212. The van der Waals surface area contributed by atoms with Crippen molar-refractivity contribution >= 4 is 17.1 Å². The number of nitrogens with zero attached hydrogens (tertiary/aromatic N) is 4. The van der Waals surface area contributed by atoms with Crippen molar-refractivity contribution in [2.24, 2.45) is 5.92 Å². The Bertz CT molecular complexity index is 1150. The highest BCUT2D eigenvalue weighted by Crippen LogP contribution is 2.33. The number of halogens is 1. The van der Waals surface area contributed by atoms with E-state index in [1.165, 1.54) is 0 Å². The summed E-state index contributed by atoms with van der Waals surface area (Å²) in [6.45, 7) is 4.56. The molecular weight excluding hydrogens is 417 g/mol. The van der Waals surface area contributed by atoms with Crippen LogP contribution in [0.4, 0.5) is 10.1 Å². The molecule has 7 heteroatoms. The maximum absolute atomic E-state index is 14.3. The molecule has 172 valence electrons. The van der Waals surface area contributed by atoms with Crippen molar-refractivity contribution in [2.45, 2.75) is 31.4 Å². The lowest BCUT2D eigenvalue weighted by Crippen LogP contribution is -2.49. The fourth-order valence-corrected chi connectivity index (χ4v) is 5.30. The Kier molecular flexibility index (Phi) is 5.29. The minimum atomic E-state index is -0.825. The van der Waals surface area contributed by atoms with Crippen LogP contribution in [0.25, 0.3) is 16.6 Å². The number of fused-ring (bicyclic) bond motifs is 1. The first-order valence-electron chi connectivity index (χ1n) is 12.1. The molecule has 1 amide bonds. The molecule has 6 rings (SSSR count). The van der Waals surface area contributed by atoms with E-state index in [0.717, 1.165) is 79.9 Å². The first-order valence-corrected chi connectivity index (χ1v) is 12.1. The molecule has 1 saturated carbocycles. The van der Waals surface area contributed by atoms with Gasteiger partial charge in [0.2, 0.25) is 5.91 Å². The standard InChI is InChI=1S/C26H30FN5O/c27-23-16-28-9-7-22(23)19-3-1-18(2-4-19)21-15-25-24(8-10-29-32(25)17-21)30-11-13-31(14-12-30)26(33)20-5-6-20/h1-4,8,10,15,17,20,22-23,28H,5-7,9,11-14,16H2/t22-,23-/m1/s1. The quantitative estimate of drug-likeness (QED) is 0.666. The third-order valence-electron chi connectivity index (χ3n) is 7.43. The smallest absolute Gasteiger partial charge is 0.225 e. The van der Waals surface area contributed by atoms with Gasteiger partial charge in [-0.05, 0) is 49.1 Å². The minimum Gasteiger partial charge on any atom is -0.366 e. The first kappa shape index (κ1) is 20.7. The van der Waals surface area contributed by atoms with Gasteiger partial charge in [0, 0.05) is 62.5 Å². The molecule has 1 aromatic carbocycles. The predicted molar refractivity (Wildman–Crippen MR) is 127 cm³/mol. The van der Waals surface area contributed by atoms with E-state index >= 15 is 0 Å². The number of rotatable bonds is 4. The molecule has 6 nitrogen and oxygen atoms in total. The summed E-state index contributed by atoms with van der Waals surface area (Å²) >= 11 is 0. The molecule has 2 aliphatic heterocycles. The van der Waals surface area contributed by atoms with Gasteiger partial charge in [-0.1, -0.05) is 24.3 Å². The lowest BCUT2D eigenvalue weighted by molar-refractivity contribution is -0.132. The number of alkyl halides is 1. The van der Waals surface area contributed by atoms with Crippen LogP contribution >= 0.6 is 0 Å². The Labute approximate surface area is 193 Å². The average Bonchev–Trinajstić information content (AvgIpc) is 3.62. The summed E-state index contributed by atoms with van der Waals surface area (Å²) in [4.78, 5) is 16.8. The van der Waals surface area contributed by atoms with Crippen LogP contribution in [0.15, 0.2) is 48.8 Å². The zero-order chi connectivity index (χ0) is 22.4. The van der Waals surface area contributed by atoms with Crippen molar-refractivity contribution < 1.29 is 9.18 Å². The summed E-state index contributed by atoms with van der Waals surface area (Å²) in [5.74, 6) is 0.605. The van der Waals surface area contributed by atoms with Gasteiger partial charge in [-0.3, -0.25) is 4.79 Å². The summed E-state index contributed by atoms with van der Waals surface area (Å²) in [6.07, 6.45) is 6.03. The molecule has 0 bridgehead atoms. The zero-order valence-electron chi connectivity index (χ0n) is 18.8. The van der Waals surface area contributed by atoms with Crippen LogP contribution in [-0.2, 0) is 4.79 Å². The Morgan fingerprint density at radius 2 is 1.79 bits per heavy atom. The van der Waals surface area contributed by atoms with Crippen LogP contribution in [0.5, 0.6) is 0 Å². The van der Waals surface area contributed by atoms with Crippen LogP contribution < -0.4 is 10.2 Å². The number of piperidine rings is 1. The molecule has 0 radical (unpaired) electrons. The highest BCUT2D eigenvalue weighted by Gasteiger charge is 2.34. The van der Waals surface area contributed by atoms with E-state index in [-0.39, 0.29) is 11.8 Å². The van der Waals surface area contributed by atoms with E-state index in [0.29, 0.717) is 12.5 Å². The topological polar surface area (TPSA) is 52.9 Å². The number of anilines is 1. The van der Waals surface area contributed by atoms with Gasteiger partial charge in [0.05, 0.1) is 11.2 Å². The highest BCUT2D eigenvalue weighted by atomic mass is 19.1. The molecule has 0 unspecified atom stereocenters. The van der Waals surface area contributed by atoms with Crippen molar-refractivity contribution in [3.8, 4) is 11.1 Å². The Hall–Kier alpha value is -2.93. The van der Waals surface area contributed by atoms with Crippen LogP contribution in [0.2, 0.25) is 0 Å². The number of carbonyl (C=O) groups excluding carboxylic acids is 1. The van der Waals surface area contributed by atoms with Gasteiger partial charge in [0.25, 0.3) is 0 Å². The number of carbonyl (C=O) groups is 1. The molecule has 3 fully saturated rings. The number of amides is 1. The van der Waals surface area contributed by atoms with Crippen LogP contribution in [0.3, 0.4) is 0 Å². The van der Waals surface area contributed by atoms with Crippen LogP contribution in [0, 0.1) is 5.92 Å². The number of benzene rings is 1. The van der Waals surface area contributed by atoms with E-state index in [2.05, 4.69) is 57.9 Å². The van der Waals surface area contributed by atoms with Gasteiger partial charge in [0.1, 0.15) is 6.17 Å². The highest BCUT2D eigenvalue weighted by molar-refractivity contribution is 5.82. The SMILES string of the molecule is O=C(C1CC1)N1CCN(c2ccnn3cc(-c4ccc([C@H]5CCNC[C@H]5F)cc4)cc23)CC1.